The molecule has 0 saturated heterocycles. The Hall–Kier alpha value is -1.70. The Morgan fingerprint density at radius 3 is 2.05 bits per heavy atom. The maximum Gasteiger partial charge on any atom is 0.242 e. The van der Waals surface area contributed by atoms with Crippen molar-refractivity contribution in [1.82, 2.24) is 0 Å². The van der Waals surface area contributed by atoms with Crippen molar-refractivity contribution in [3.63, 3.8) is 0 Å². The highest BCUT2D eigenvalue weighted by atomic mass is 31.2. The van der Waals surface area contributed by atoms with Crippen molar-refractivity contribution in [2.75, 3.05) is 6.61 Å². The van der Waals surface area contributed by atoms with Gasteiger partial charge in [-0.15, -0.1) is 0 Å². The van der Waals surface area contributed by atoms with Gasteiger partial charge in [-0.2, -0.15) is 0 Å². The highest BCUT2D eigenvalue weighted by Gasteiger charge is 2.39. The Labute approximate surface area is 131 Å². The van der Waals surface area contributed by atoms with E-state index in [1.165, 1.54) is 0 Å². The summed E-state index contributed by atoms with van der Waals surface area (Å²) in [4.78, 5) is 12.8. The maximum absolute atomic E-state index is 13.5. The second kappa shape index (κ2) is 7.53. The standard InChI is InChI=1S/C18H21O3P/c1-3-17(18(19)15-11-7-5-8-12-15)22(20,21-4-2)16-13-9-6-10-14-16/h5-14,17H,3-4H2,1-2H3/t17-,22+/m0/s1. The van der Waals surface area contributed by atoms with Gasteiger partial charge in [-0.05, 0) is 25.5 Å². The largest absolute Gasteiger partial charge is 0.325 e. The molecule has 2 rings (SSSR count). The second-order valence-electron chi connectivity index (χ2n) is 5.00. The van der Waals surface area contributed by atoms with Gasteiger partial charge in [0.15, 0.2) is 5.78 Å². The second-order valence-corrected chi connectivity index (χ2v) is 7.60. The van der Waals surface area contributed by atoms with Crippen molar-refractivity contribution in [3.8, 4) is 0 Å². The van der Waals surface area contributed by atoms with Crippen molar-refractivity contribution >= 4 is 18.5 Å². The van der Waals surface area contributed by atoms with Crippen LogP contribution in [0.5, 0.6) is 0 Å². The maximum atomic E-state index is 13.5. The lowest BCUT2D eigenvalue weighted by molar-refractivity contribution is 0.0980. The molecule has 0 unspecified atom stereocenters. The number of hydrogen-bond donors (Lipinski definition) is 0. The lowest BCUT2D eigenvalue weighted by Crippen LogP contribution is -2.27. The van der Waals surface area contributed by atoms with Gasteiger partial charge in [0, 0.05) is 10.9 Å². The van der Waals surface area contributed by atoms with Gasteiger partial charge in [0.1, 0.15) is 5.66 Å². The number of Topliss-reactive ketones (excluding diaryl/α,β-unsaturated/α-hetero) is 1. The average molecular weight is 316 g/mol. The van der Waals surface area contributed by atoms with Gasteiger partial charge in [-0.3, -0.25) is 9.36 Å². The smallest absolute Gasteiger partial charge is 0.242 e. The minimum Gasteiger partial charge on any atom is -0.325 e. The lowest BCUT2D eigenvalue weighted by Gasteiger charge is -2.25. The zero-order chi connectivity index (χ0) is 16.0. The van der Waals surface area contributed by atoms with E-state index in [2.05, 4.69) is 0 Å². The number of carbonyl (C=O) groups is 1. The monoisotopic (exact) mass is 316 g/mol. The number of rotatable bonds is 7. The third-order valence-electron chi connectivity index (χ3n) is 3.59. The summed E-state index contributed by atoms with van der Waals surface area (Å²) in [5, 5.41) is 0.605. The summed E-state index contributed by atoms with van der Waals surface area (Å²) >= 11 is 0. The van der Waals surface area contributed by atoms with Crippen molar-refractivity contribution in [3.05, 3.63) is 66.2 Å². The van der Waals surface area contributed by atoms with Crippen LogP contribution in [0.1, 0.15) is 30.6 Å². The van der Waals surface area contributed by atoms with Crippen LogP contribution < -0.4 is 5.30 Å². The summed E-state index contributed by atoms with van der Waals surface area (Å²) in [5.41, 5.74) is -0.0811. The lowest BCUT2D eigenvalue weighted by atomic mass is 10.1. The minimum absolute atomic E-state index is 0.122. The van der Waals surface area contributed by atoms with Gasteiger partial charge >= 0.3 is 0 Å². The zero-order valence-electron chi connectivity index (χ0n) is 12.9. The molecule has 2 atom stereocenters. The molecular weight excluding hydrogens is 295 g/mol. The van der Waals surface area contributed by atoms with E-state index < -0.39 is 13.0 Å². The van der Waals surface area contributed by atoms with E-state index in [4.69, 9.17) is 4.52 Å². The molecule has 0 aliphatic heterocycles. The predicted molar refractivity (Wildman–Crippen MR) is 90.2 cm³/mol. The molecule has 0 aliphatic carbocycles. The van der Waals surface area contributed by atoms with Crippen LogP contribution in [0.2, 0.25) is 0 Å². The first kappa shape index (κ1) is 16.7. The Balaban J connectivity index is 2.45. The molecule has 0 N–H and O–H groups in total. The molecule has 0 aromatic heterocycles. The van der Waals surface area contributed by atoms with Crippen LogP contribution in [0, 0.1) is 0 Å². The van der Waals surface area contributed by atoms with Crippen LogP contribution in [0.4, 0.5) is 0 Å². The molecule has 2 aromatic rings. The predicted octanol–water partition coefficient (Wildman–Crippen LogP) is 4.29. The average Bonchev–Trinajstić information content (AvgIpc) is 2.57. The molecule has 4 heteroatoms. The van der Waals surface area contributed by atoms with E-state index in [1.807, 2.05) is 43.3 Å². The fourth-order valence-electron chi connectivity index (χ4n) is 2.55. The molecule has 0 fully saturated rings. The number of carbonyl (C=O) groups excluding carboxylic acids is 1. The molecule has 0 amide bonds. The molecular formula is C18H21O3P. The SMILES string of the molecule is CCO[P@](=O)(c1ccccc1)[C@@H](CC)C(=O)c1ccccc1. The Bertz CT molecular complexity index is 653. The molecule has 0 radical (unpaired) electrons. The van der Waals surface area contributed by atoms with Crippen LogP contribution in [-0.4, -0.2) is 18.0 Å². The van der Waals surface area contributed by atoms with E-state index in [0.717, 1.165) is 0 Å². The fourth-order valence-corrected chi connectivity index (χ4v) is 5.15. The fraction of sp³-hybridized carbons (Fsp3) is 0.278. The van der Waals surface area contributed by atoms with Crippen molar-refractivity contribution in [2.24, 2.45) is 0 Å². The summed E-state index contributed by atoms with van der Waals surface area (Å²) in [6, 6.07) is 18.0. The molecule has 2 aromatic carbocycles. The quantitative estimate of drug-likeness (QED) is 0.565. The number of benzene rings is 2. The Kier molecular flexibility index (Phi) is 5.70. The normalized spacial score (nSPS) is 15.0. The van der Waals surface area contributed by atoms with Gasteiger partial charge in [0.25, 0.3) is 0 Å². The molecule has 22 heavy (non-hydrogen) atoms. The van der Waals surface area contributed by atoms with E-state index in [1.54, 1.807) is 31.2 Å². The first-order valence-electron chi connectivity index (χ1n) is 7.52. The van der Waals surface area contributed by atoms with Crippen molar-refractivity contribution in [1.29, 1.82) is 0 Å². The first-order chi connectivity index (χ1) is 10.6. The number of ketones is 1. The summed E-state index contributed by atoms with van der Waals surface area (Å²) in [7, 11) is -3.25. The summed E-state index contributed by atoms with van der Waals surface area (Å²) in [6.45, 7) is 3.99. The molecule has 0 spiro atoms. The van der Waals surface area contributed by atoms with Crippen molar-refractivity contribution < 1.29 is 13.9 Å². The van der Waals surface area contributed by atoms with Gasteiger partial charge in [-0.25, -0.2) is 0 Å². The summed E-state index contributed by atoms with van der Waals surface area (Å²) in [5.74, 6) is -0.122. The third kappa shape index (κ3) is 3.37. The molecule has 0 bridgehead atoms. The summed E-state index contributed by atoms with van der Waals surface area (Å²) in [6.07, 6.45) is 0.472. The number of hydrogen-bond acceptors (Lipinski definition) is 3. The van der Waals surface area contributed by atoms with E-state index >= 15 is 0 Å². The van der Waals surface area contributed by atoms with Gasteiger partial charge in [-0.1, -0.05) is 55.5 Å². The topological polar surface area (TPSA) is 43.4 Å². The van der Waals surface area contributed by atoms with Crippen LogP contribution in [0.25, 0.3) is 0 Å². The minimum atomic E-state index is -3.25. The molecule has 0 aliphatic rings. The van der Waals surface area contributed by atoms with E-state index in [-0.39, 0.29) is 5.78 Å². The van der Waals surface area contributed by atoms with Crippen LogP contribution in [0.15, 0.2) is 60.7 Å². The molecule has 116 valence electrons. The third-order valence-corrected chi connectivity index (χ3v) is 6.67. The van der Waals surface area contributed by atoms with Crippen molar-refractivity contribution in [2.45, 2.75) is 25.9 Å². The molecule has 3 nitrogen and oxygen atoms in total. The van der Waals surface area contributed by atoms with Crippen LogP contribution in [-0.2, 0) is 9.09 Å². The Morgan fingerprint density at radius 1 is 1.00 bits per heavy atom. The van der Waals surface area contributed by atoms with Crippen LogP contribution in [0.3, 0.4) is 0 Å². The highest BCUT2D eigenvalue weighted by molar-refractivity contribution is 7.68. The van der Waals surface area contributed by atoms with E-state index in [9.17, 15) is 9.36 Å². The van der Waals surface area contributed by atoms with Gasteiger partial charge < -0.3 is 4.52 Å². The zero-order valence-corrected chi connectivity index (χ0v) is 13.8. The molecule has 0 heterocycles. The highest BCUT2D eigenvalue weighted by Crippen LogP contribution is 2.53. The van der Waals surface area contributed by atoms with Gasteiger partial charge in [0.2, 0.25) is 7.37 Å². The van der Waals surface area contributed by atoms with E-state index in [0.29, 0.717) is 23.9 Å². The summed E-state index contributed by atoms with van der Waals surface area (Å²) < 4.78 is 19.2. The first-order valence-corrected chi connectivity index (χ1v) is 9.22. The van der Waals surface area contributed by atoms with Crippen LogP contribution >= 0.6 is 7.37 Å². The molecule has 0 saturated carbocycles. The van der Waals surface area contributed by atoms with Gasteiger partial charge in [0.05, 0.1) is 6.61 Å². The Morgan fingerprint density at radius 2 is 1.55 bits per heavy atom.